The summed E-state index contributed by atoms with van der Waals surface area (Å²) >= 11 is 0. The second-order valence-corrected chi connectivity index (χ2v) is 5.70. The molecule has 0 aliphatic rings. The number of rotatable bonds is 5. The Bertz CT molecular complexity index is 1150. The summed E-state index contributed by atoms with van der Waals surface area (Å²) in [6.07, 6.45) is 1.50. The summed E-state index contributed by atoms with van der Waals surface area (Å²) in [4.78, 5) is 23.0. The fourth-order valence-corrected chi connectivity index (χ4v) is 2.59. The highest BCUT2D eigenvalue weighted by molar-refractivity contribution is 6.07. The van der Waals surface area contributed by atoms with Crippen LogP contribution in [0.4, 0.5) is 11.4 Å². The topological polar surface area (TPSA) is 124 Å². The van der Waals surface area contributed by atoms with Gasteiger partial charge >= 0.3 is 0 Å². The second kappa shape index (κ2) is 7.16. The average Bonchev–Trinajstić information content (AvgIpc) is 3.40. The van der Waals surface area contributed by atoms with Gasteiger partial charge in [-0.3, -0.25) is 14.9 Å². The number of hydrogen-bond donors (Lipinski definition) is 1. The molecule has 2 aromatic carbocycles. The van der Waals surface area contributed by atoms with Gasteiger partial charge in [-0.1, -0.05) is 18.2 Å². The Morgan fingerprint density at radius 3 is 2.61 bits per heavy atom. The molecule has 4 rings (SSSR count). The molecule has 0 fully saturated rings. The van der Waals surface area contributed by atoms with Crippen molar-refractivity contribution in [3.63, 3.8) is 0 Å². The van der Waals surface area contributed by atoms with E-state index in [1.807, 2.05) is 0 Å². The number of benzene rings is 2. The van der Waals surface area contributed by atoms with E-state index in [0.717, 1.165) is 0 Å². The first-order chi connectivity index (χ1) is 13.6. The number of nitro groups is 1. The molecule has 9 nitrogen and oxygen atoms in total. The van der Waals surface area contributed by atoms with Crippen LogP contribution in [0.5, 0.6) is 0 Å². The van der Waals surface area contributed by atoms with Crippen molar-refractivity contribution in [1.29, 1.82) is 0 Å². The van der Waals surface area contributed by atoms with Crippen molar-refractivity contribution in [3.8, 4) is 23.1 Å². The van der Waals surface area contributed by atoms with Gasteiger partial charge in [0.25, 0.3) is 17.5 Å². The Morgan fingerprint density at radius 1 is 1.00 bits per heavy atom. The molecule has 9 heteroatoms. The van der Waals surface area contributed by atoms with Gasteiger partial charge in [0.1, 0.15) is 5.56 Å². The third-order valence-electron chi connectivity index (χ3n) is 3.87. The van der Waals surface area contributed by atoms with E-state index in [1.54, 1.807) is 42.5 Å². The number of anilines is 1. The number of para-hydroxylation sites is 1. The minimum atomic E-state index is -0.597. The van der Waals surface area contributed by atoms with Crippen LogP contribution >= 0.6 is 0 Å². The third kappa shape index (κ3) is 3.36. The second-order valence-electron chi connectivity index (χ2n) is 5.70. The summed E-state index contributed by atoms with van der Waals surface area (Å²) in [5, 5.41) is 21.7. The number of nitrogens with zero attached hydrogens (tertiary/aromatic N) is 3. The number of hydrogen-bond acceptors (Lipinski definition) is 7. The first-order valence-corrected chi connectivity index (χ1v) is 8.14. The van der Waals surface area contributed by atoms with Crippen molar-refractivity contribution in [3.05, 3.63) is 82.6 Å². The Hall–Kier alpha value is -4.27. The monoisotopic (exact) mass is 376 g/mol. The number of furan rings is 1. The molecule has 1 N–H and O–H groups in total. The number of amides is 1. The fraction of sp³-hybridized carbons (Fsp3) is 0. The highest BCUT2D eigenvalue weighted by Gasteiger charge is 2.19. The summed E-state index contributed by atoms with van der Waals surface area (Å²) in [7, 11) is 0. The Labute approximate surface area is 157 Å². The number of nitro benzene ring substituents is 1. The van der Waals surface area contributed by atoms with E-state index in [-0.39, 0.29) is 23.0 Å². The van der Waals surface area contributed by atoms with Crippen LogP contribution in [0.1, 0.15) is 10.4 Å². The van der Waals surface area contributed by atoms with Crippen LogP contribution in [0.15, 0.2) is 75.8 Å². The van der Waals surface area contributed by atoms with Gasteiger partial charge < -0.3 is 14.2 Å². The molecular weight excluding hydrogens is 364 g/mol. The smallest absolute Gasteiger partial charge is 0.283 e. The van der Waals surface area contributed by atoms with E-state index in [1.165, 1.54) is 24.5 Å². The molecule has 2 aromatic heterocycles. The van der Waals surface area contributed by atoms with E-state index in [9.17, 15) is 14.9 Å². The maximum Gasteiger partial charge on any atom is 0.283 e. The normalized spacial score (nSPS) is 10.6. The Morgan fingerprint density at radius 2 is 1.82 bits per heavy atom. The fourth-order valence-electron chi connectivity index (χ4n) is 2.59. The van der Waals surface area contributed by atoms with E-state index in [4.69, 9.17) is 8.83 Å². The molecule has 0 aliphatic heterocycles. The third-order valence-corrected chi connectivity index (χ3v) is 3.87. The van der Waals surface area contributed by atoms with Crippen LogP contribution in [0, 0.1) is 10.1 Å². The van der Waals surface area contributed by atoms with Gasteiger partial charge in [-0.15, -0.1) is 10.2 Å². The lowest BCUT2D eigenvalue weighted by atomic mass is 10.1. The minimum Gasteiger partial charge on any atom is -0.459 e. The molecule has 0 unspecified atom stereocenters. The maximum atomic E-state index is 12.5. The minimum absolute atomic E-state index is 0.0317. The summed E-state index contributed by atoms with van der Waals surface area (Å²) in [6, 6.07) is 15.9. The molecule has 0 saturated heterocycles. The molecule has 0 bridgehead atoms. The molecule has 138 valence electrons. The van der Waals surface area contributed by atoms with Crippen molar-refractivity contribution in [1.82, 2.24) is 10.2 Å². The largest absolute Gasteiger partial charge is 0.459 e. The highest BCUT2D eigenvalue weighted by atomic mass is 16.6. The van der Waals surface area contributed by atoms with Gasteiger partial charge in [-0.2, -0.15) is 0 Å². The predicted molar refractivity (Wildman–Crippen MR) is 98.5 cm³/mol. The lowest BCUT2D eigenvalue weighted by molar-refractivity contribution is -0.385. The van der Waals surface area contributed by atoms with Crippen molar-refractivity contribution in [2.45, 2.75) is 0 Å². The van der Waals surface area contributed by atoms with Crippen LogP contribution < -0.4 is 5.32 Å². The lowest BCUT2D eigenvalue weighted by Crippen LogP contribution is -2.13. The lowest BCUT2D eigenvalue weighted by Gasteiger charge is -2.06. The number of aromatic nitrogens is 2. The Kier molecular flexibility index (Phi) is 4.38. The van der Waals surface area contributed by atoms with Gasteiger partial charge in [-0.25, -0.2) is 0 Å². The van der Waals surface area contributed by atoms with Crippen LogP contribution in [-0.2, 0) is 0 Å². The van der Waals surface area contributed by atoms with Crippen molar-refractivity contribution in [2.75, 3.05) is 5.32 Å². The van der Waals surface area contributed by atoms with Crippen molar-refractivity contribution >= 4 is 17.3 Å². The van der Waals surface area contributed by atoms with Gasteiger partial charge in [0.2, 0.25) is 5.89 Å². The standard InChI is InChI=1S/C19H12N4O5/c24-17(14-7-1-2-8-15(14)23(25)26)20-13-6-3-5-12(11-13)18-21-22-19(28-18)16-9-4-10-27-16/h1-11H,(H,20,24). The van der Waals surface area contributed by atoms with Crippen LogP contribution in [0.3, 0.4) is 0 Å². The van der Waals surface area contributed by atoms with Crippen LogP contribution in [-0.4, -0.2) is 21.0 Å². The van der Waals surface area contributed by atoms with Gasteiger partial charge in [0.15, 0.2) is 5.76 Å². The van der Waals surface area contributed by atoms with Crippen molar-refractivity contribution < 1.29 is 18.6 Å². The quantitative estimate of drug-likeness (QED) is 0.409. The number of carbonyl (C=O) groups excluding carboxylic acids is 1. The molecule has 0 saturated carbocycles. The predicted octanol–water partition coefficient (Wildman–Crippen LogP) is 4.16. The molecule has 2 heterocycles. The molecule has 0 atom stereocenters. The molecule has 1 amide bonds. The van der Waals surface area contributed by atoms with Gasteiger partial charge in [0, 0.05) is 17.3 Å². The summed E-state index contributed by atoms with van der Waals surface area (Å²) in [5.41, 5.74) is 0.705. The summed E-state index contributed by atoms with van der Waals surface area (Å²) in [6.45, 7) is 0. The summed E-state index contributed by atoms with van der Waals surface area (Å²) in [5.74, 6) is 0.327. The molecule has 28 heavy (non-hydrogen) atoms. The van der Waals surface area contributed by atoms with E-state index < -0.39 is 10.8 Å². The average molecular weight is 376 g/mol. The van der Waals surface area contributed by atoms with Crippen LogP contribution in [0.25, 0.3) is 23.1 Å². The molecule has 0 radical (unpaired) electrons. The highest BCUT2D eigenvalue weighted by Crippen LogP contribution is 2.26. The SMILES string of the molecule is O=C(Nc1cccc(-c2nnc(-c3ccco3)o2)c1)c1ccccc1[N+](=O)[O-]. The summed E-state index contributed by atoms with van der Waals surface area (Å²) < 4.78 is 10.8. The number of nitrogens with one attached hydrogen (secondary N) is 1. The van der Waals surface area contributed by atoms with E-state index in [2.05, 4.69) is 15.5 Å². The molecule has 0 spiro atoms. The molecule has 4 aromatic rings. The van der Waals surface area contributed by atoms with Gasteiger partial charge in [-0.05, 0) is 36.4 Å². The first kappa shape index (κ1) is 17.2. The van der Waals surface area contributed by atoms with Gasteiger partial charge in [0.05, 0.1) is 11.2 Å². The zero-order chi connectivity index (χ0) is 19.5. The first-order valence-electron chi connectivity index (χ1n) is 8.14. The zero-order valence-corrected chi connectivity index (χ0v) is 14.2. The van der Waals surface area contributed by atoms with E-state index in [0.29, 0.717) is 17.0 Å². The van der Waals surface area contributed by atoms with E-state index >= 15 is 0 Å². The van der Waals surface area contributed by atoms with Crippen molar-refractivity contribution in [2.24, 2.45) is 0 Å². The van der Waals surface area contributed by atoms with Crippen LogP contribution in [0.2, 0.25) is 0 Å². The molecular formula is C19H12N4O5. The molecule has 0 aliphatic carbocycles. The number of carbonyl (C=O) groups is 1. The maximum absolute atomic E-state index is 12.5. The zero-order valence-electron chi connectivity index (χ0n) is 14.2. The Balaban J connectivity index is 1.58.